The molecule has 1 aromatic rings. The summed E-state index contributed by atoms with van der Waals surface area (Å²) in [6, 6.07) is 5.01. The van der Waals surface area contributed by atoms with Gasteiger partial charge >= 0.3 is 0 Å². The van der Waals surface area contributed by atoms with Crippen LogP contribution in [0.3, 0.4) is 0 Å². The molecule has 0 saturated carbocycles. The SMILES string of the molecule is CNS(=O)(=O)c1ccc(S(=O)(=O)N[C@@H]2CCCNC2)cc1.Cl. The van der Waals surface area contributed by atoms with E-state index in [0.717, 1.165) is 19.4 Å². The van der Waals surface area contributed by atoms with Gasteiger partial charge in [0.2, 0.25) is 20.0 Å². The zero-order valence-corrected chi connectivity index (χ0v) is 14.5. The fourth-order valence-corrected chi connectivity index (χ4v) is 4.16. The summed E-state index contributed by atoms with van der Waals surface area (Å²) < 4.78 is 52.5. The Bertz CT molecular complexity index is 684. The maximum atomic E-state index is 12.2. The highest BCUT2D eigenvalue weighted by molar-refractivity contribution is 7.90. The molecular formula is C12H20ClN3O4S2. The van der Waals surface area contributed by atoms with Crippen molar-refractivity contribution in [1.82, 2.24) is 14.8 Å². The molecule has 1 atom stereocenters. The lowest BCUT2D eigenvalue weighted by Crippen LogP contribution is -2.45. The molecule has 2 rings (SSSR count). The molecule has 3 N–H and O–H groups in total. The molecule has 1 heterocycles. The Labute approximate surface area is 137 Å². The molecule has 1 fully saturated rings. The van der Waals surface area contributed by atoms with Crippen molar-refractivity contribution >= 4 is 32.5 Å². The third-order valence-electron chi connectivity index (χ3n) is 3.33. The molecule has 0 amide bonds. The number of benzene rings is 1. The molecule has 1 aliphatic heterocycles. The van der Waals surface area contributed by atoms with Crippen molar-refractivity contribution < 1.29 is 16.8 Å². The summed E-state index contributed by atoms with van der Waals surface area (Å²) in [6.07, 6.45) is 1.71. The van der Waals surface area contributed by atoms with Crippen LogP contribution in [-0.2, 0) is 20.0 Å². The summed E-state index contributed by atoms with van der Waals surface area (Å²) in [4.78, 5) is 0.0893. The predicted octanol–water partition coefficient (Wildman–Crippen LogP) is 0.0468. The van der Waals surface area contributed by atoms with Crippen LogP contribution in [0.5, 0.6) is 0 Å². The van der Waals surface area contributed by atoms with Gasteiger partial charge in [-0.1, -0.05) is 0 Å². The van der Waals surface area contributed by atoms with Crippen LogP contribution in [0.4, 0.5) is 0 Å². The molecule has 10 heteroatoms. The highest BCUT2D eigenvalue weighted by Crippen LogP contribution is 2.15. The van der Waals surface area contributed by atoms with Gasteiger partial charge in [0.25, 0.3) is 0 Å². The number of nitrogens with one attached hydrogen (secondary N) is 3. The van der Waals surface area contributed by atoms with Crippen molar-refractivity contribution in [2.24, 2.45) is 0 Å². The lowest BCUT2D eigenvalue weighted by Gasteiger charge is -2.23. The minimum Gasteiger partial charge on any atom is -0.315 e. The summed E-state index contributed by atoms with van der Waals surface area (Å²) in [5, 5.41) is 3.13. The molecule has 1 aromatic carbocycles. The van der Waals surface area contributed by atoms with Gasteiger partial charge in [0.1, 0.15) is 0 Å². The number of hydrogen-bond donors (Lipinski definition) is 3. The van der Waals surface area contributed by atoms with Gasteiger partial charge in [-0.25, -0.2) is 26.3 Å². The van der Waals surface area contributed by atoms with Crippen LogP contribution in [-0.4, -0.2) is 43.0 Å². The van der Waals surface area contributed by atoms with E-state index in [-0.39, 0.29) is 28.2 Å². The Kier molecular flexibility index (Phi) is 6.78. The van der Waals surface area contributed by atoms with E-state index in [1.54, 1.807) is 0 Å². The highest BCUT2D eigenvalue weighted by atomic mass is 35.5. The summed E-state index contributed by atoms with van der Waals surface area (Å²) in [5.74, 6) is 0. The number of sulfonamides is 2. The van der Waals surface area contributed by atoms with Crippen LogP contribution in [0.2, 0.25) is 0 Å². The lowest BCUT2D eigenvalue weighted by molar-refractivity contribution is 0.428. The Morgan fingerprint density at radius 1 is 1.05 bits per heavy atom. The number of hydrogen-bond acceptors (Lipinski definition) is 5. The van der Waals surface area contributed by atoms with Gasteiger partial charge in [-0.15, -0.1) is 12.4 Å². The molecular weight excluding hydrogens is 350 g/mol. The van der Waals surface area contributed by atoms with Crippen LogP contribution in [0, 0.1) is 0 Å². The molecule has 0 aliphatic carbocycles. The van der Waals surface area contributed by atoms with Crippen LogP contribution >= 0.6 is 12.4 Å². The van der Waals surface area contributed by atoms with Crippen molar-refractivity contribution in [2.45, 2.75) is 28.7 Å². The monoisotopic (exact) mass is 369 g/mol. The Morgan fingerprint density at radius 3 is 2.05 bits per heavy atom. The first-order chi connectivity index (χ1) is 9.85. The highest BCUT2D eigenvalue weighted by Gasteiger charge is 2.22. The molecule has 0 radical (unpaired) electrons. The van der Waals surface area contributed by atoms with Gasteiger partial charge in [0.05, 0.1) is 9.79 Å². The first kappa shape index (κ1) is 19.3. The van der Waals surface area contributed by atoms with E-state index >= 15 is 0 Å². The van der Waals surface area contributed by atoms with Crippen molar-refractivity contribution in [3.8, 4) is 0 Å². The topological polar surface area (TPSA) is 104 Å². The zero-order valence-electron chi connectivity index (χ0n) is 12.1. The second kappa shape index (κ2) is 7.71. The van der Waals surface area contributed by atoms with Gasteiger partial charge in [0.15, 0.2) is 0 Å². The summed E-state index contributed by atoms with van der Waals surface area (Å²) in [7, 11) is -5.89. The van der Waals surface area contributed by atoms with E-state index in [1.807, 2.05) is 0 Å². The zero-order chi connectivity index (χ0) is 15.5. The smallest absolute Gasteiger partial charge is 0.240 e. The minimum atomic E-state index is -3.63. The van der Waals surface area contributed by atoms with E-state index in [0.29, 0.717) is 6.54 Å². The van der Waals surface area contributed by atoms with Crippen molar-refractivity contribution in [3.63, 3.8) is 0 Å². The first-order valence-electron chi connectivity index (χ1n) is 6.62. The Hall–Kier alpha value is -0.710. The molecule has 1 aliphatic rings. The third kappa shape index (κ3) is 4.64. The van der Waals surface area contributed by atoms with Gasteiger partial charge in [-0.05, 0) is 50.7 Å². The predicted molar refractivity (Wildman–Crippen MR) is 86.1 cm³/mol. The van der Waals surface area contributed by atoms with E-state index in [1.165, 1.54) is 31.3 Å². The van der Waals surface area contributed by atoms with Crippen LogP contribution < -0.4 is 14.8 Å². The Balaban J connectivity index is 0.00000242. The van der Waals surface area contributed by atoms with E-state index < -0.39 is 20.0 Å². The third-order valence-corrected chi connectivity index (χ3v) is 6.30. The molecule has 7 nitrogen and oxygen atoms in total. The molecule has 0 unspecified atom stereocenters. The summed E-state index contributed by atoms with van der Waals surface area (Å²) in [5.41, 5.74) is 0. The van der Waals surface area contributed by atoms with Crippen LogP contribution in [0.15, 0.2) is 34.1 Å². The molecule has 0 aromatic heterocycles. The second-order valence-corrected chi connectivity index (χ2v) is 8.44. The van der Waals surface area contributed by atoms with Crippen molar-refractivity contribution in [1.29, 1.82) is 0 Å². The fraction of sp³-hybridized carbons (Fsp3) is 0.500. The van der Waals surface area contributed by atoms with Gasteiger partial charge in [0, 0.05) is 12.6 Å². The van der Waals surface area contributed by atoms with Gasteiger partial charge < -0.3 is 5.32 Å². The maximum absolute atomic E-state index is 12.2. The number of halogens is 1. The van der Waals surface area contributed by atoms with E-state index in [4.69, 9.17) is 0 Å². The van der Waals surface area contributed by atoms with Gasteiger partial charge in [-0.2, -0.15) is 0 Å². The molecule has 0 bridgehead atoms. The summed E-state index contributed by atoms with van der Waals surface area (Å²) in [6.45, 7) is 1.50. The standard InChI is InChI=1S/C12H19N3O4S2.ClH/c1-13-20(16,17)11-4-6-12(7-5-11)21(18,19)15-10-3-2-8-14-9-10;/h4-7,10,13-15H,2-3,8-9H2,1H3;1H/t10-;/m1./s1. The van der Waals surface area contributed by atoms with Crippen molar-refractivity contribution in [2.75, 3.05) is 20.1 Å². The molecule has 0 spiro atoms. The van der Waals surface area contributed by atoms with Gasteiger partial charge in [-0.3, -0.25) is 0 Å². The minimum absolute atomic E-state index is 0. The Morgan fingerprint density at radius 2 is 1.59 bits per heavy atom. The molecule has 1 saturated heterocycles. The lowest BCUT2D eigenvalue weighted by atomic mass is 10.1. The fourth-order valence-electron chi connectivity index (χ4n) is 2.16. The van der Waals surface area contributed by atoms with E-state index in [9.17, 15) is 16.8 Å². The largest absolute Gasteiger partial charge is 0.315 e. The summed E-state index contributed by atoms with van der Waals surface area (Å²) >= 11 is 0. The molecule has 22 heavy (non-hydrogen) atoms. The number of rotatable bonds is 5. The van der Waals surface area contributed by atoms with Crippen LogP contribution in [0.1, 0.15) is 12.8 Å². The first-order valence-corrected chi connectivity index (χ1v) is 9.58. The maximum Gasteiger partial charge on any atom is 0.240 e. The average Bonchev–Trinajstić information content (AvgIpc) is 2.48. The normalized spacial score (nSPS) is 19.4. The quantitative estimate of drug-likeness (QED) is 0.680. The second-order valence-electron chi connectivity index (χ2n) is 4.84. The van der Waals surface area contributed by atoms with E-state index in [2.05, 4.69) is 14.8 Å². The molecule has 126 valence electrons. The average molecular weight is 370 g/mol. The van der Waals surface area contributed by atoms with Crippen molar-refractivity contribution in [3.05, 3.63) is 24.3 Å². The number of piperidine rings is 1. The van der Waals surface area contributed by atoms with Crippen LogP contribution in [0.25, 0.3) is 0 Å².